The molecule has 3 nitrogen and oxygen atoms in total. The molecule has 0 aliphatic carbocycles. The maximum absolute atomic E-state index is 11.9. The minimum Gasteiger partial charge on any atom is -0.465 e. The lowest BCUT2D eigenvalue weighted by Crippen LogP contribution is -2.19. The number of rotatable bonds is 2. The normalized spacial score (nSPS) is 20.1. The zero-order valence-corrected chi connectivity index (χ0v) is 8.66. The zero-order valence-electron chi connectivity index (χ0n) is 7.90. The van der Waals surface area contributed by atoms with Crippen LogP contribution in [0.15, 0.2) is 24.3 Å². The highest BCUT2D eigenvalue weighted by Gasteiger charge is 2.33. The smallest absolute Gasteiger partial charge is 0.316 e. The standard InChI is InChI=1S/C11H9ClO3/c12-8-3-1-2-7(6-8)10(13)9-4-5-15-11(9)14/h1-3,6,9H,4-5H2/t9-/m1/s1. The van der Waals surface area contributed by atoms with Crippen LogP contribution in [-0.4, -0.2) is 18.4 Å². The van der Waals surface area contributed by atoms with E-state index < -0.39 is 11.9 Å². The van der Waals surface area contributed by atoms with Gasteiger partial charge in [0.2, 0.25) is 0 Å². The van der Waals surface area contributed by atoms with Crippen molar-refractivity contribution < 1.29 is 14.3 Å². The highest BCUT2D eigenvalue weighted by atomic mass is 35.5. The Morgan fingerprint density at radius 1 is 1.47 bits per heavy atom. The van der Waals surface area contributed by atoms with Crippen LogP contribution in [0.3, 0.4) is 0 Å². The fourth-order valence-electron chi connectivity index (χ4n) is 1.58. The summed E-state index contributed by atoms with van der Waals surface area (Å²) in [7, 11) is 0. The van der Waals surface area contributed by atoms with E-state index in [1.54, 1.807) is 24.3 Å². The van der Waals surface area contributed by atoms with Crippen molar-refractivity contribution in [3.63, 3.8) is 0 Å². The molecule has 0 saturated carbocycles. The van der Waals surface area contributed by atoms with Crippen LogP contribution in [0.1, 0.15) is 16.8 Å². The van der Waals surface area contributed by atoms with E-state index in [1.165, 1.54) is 0 Å². The van der Waals surface area contributed by atoms with Gasteiger partial charge in [0.25, 0.3) is 0 Å². The fourth-order valence-corrected chi connectivity index (χ4v) is 1.77. The molecule has 78 valence electrons. The summed E-state index contributed by atoms with van der Waals surface area (Å²) in [6.45, 7) is 0.329. The maximum Gasteiger partial charge on any atom is 0.316 e. The van der Waals surface area contributed by atoms with E-state index >= 15 is 0 Å². The summed E-state index contributed by atoms with van der Waals surface area (Å²) >= 11 is 5.76. The first-order valence-corrected chi connectivity index (χ1v) is 5.02. The van der Waals surface area contributed by atoms with Crippen LogP contribution in [-0.2, 0) is 9.53 Å². The van der Waals surface area contributed by atoms with Crippen molar-refractivity contribution in [3.05, 3.63) is 34.9 Å². The second-order valence-corrected chi connectivity index (χ2v) is 3.82. The summed E-state index contributed by atoms with van der Waals surface area (Å²) < 4.78 is 4.75. The predicted octanol–water partition coefficient (Wildman–Crippen LogP) is 2.09. The predicted molar refractivity (Wildman–Crippen MR) is 54.8 cm³/mol. The summed E-state index contributed by atoms with van der Waals surface area (Å²) in [6, 6.07) is 6.59. The largest absolute Gasteiger partial charge is 0.465 e. The molecule has 1 saturated heterocycles. The van der Waals surface area contributed by atoms with Gasteiger partial charge < -0.3 is 4.74 Å². The Morgan fingerprint density at radius 2 is 2.27 bits per heavy atom. The van der Waals surface area contributed by atoms with Gasteiger partial charge in [0.05, 0.1) is 6.61 Å². The molecule has 1 aromatic rings. The van der Waals surface area contributed by atoms with Crippen LogP contribution in [0.4, 0.5) is 0 Å². The van der Waals surface area contributed by atoms with Crippen molar-refractivity contribution in [1.29, 1.82) is 0 Å². The van der Waals surface area contributed by atoms with Gasteiger partial charge in [-0.05, 0) is 12.1 Å². The zero-order chi connectivity index (χ0) is 10.8. The van der Waals surface area contributed by atoms with Crippen LogP contribution in [0.5, 0.6) is 0 Å². The van der Waals surface area contributed by atoms with Crippen molar-refractivity contribution in [2.45, 2.75) is 6.42 Å². The number of carbonyl (C=O) groups is 2. The Bertz CT molecular complexity index is 414. The molecule has 0 unspecified atom stereocenters. The summed E-state index contributed by atoms with van der Waals surface area (Å²) in [6.07, 6.45) is 0.462. The van der Waals surface area contributed by atoms with E-state index in [0.29, 0.717) is 23.6 Å². The Kier molecular flexibility index (Phi) is 2.73. The minimum absolute atomic E-state index is 0.208. The van der Waals surface area contributed by atoms with Crippen LogP contribution < -0.4 is 0 Å². The number of ether oxygens (including phenoxy) is 1. The summed E-state index contributed by atoms with van der Waals surface area (Å²) in [5.74, 6) is -1.29. The third-order valence-corrected chi connectivity index (χ3v) is 2.60. The first kappa shape index (κ1) is 10.2. The number of halogens is 1. The summed E-state index contributed by atoms with van der Waals surface area (Å²) in [5.41, 5.74) is 0.464. The monoisotopic (exact) mass is 224 g/mol. The lowest BCUT2D eigenvalue weighted by molar-refractivity contribution is -0.140. The molecule has 0 spiro atoms. The SMILES string of the molecule is O=C1OCC[C@@H]1C(=O)c1cccc(Cl)c1. The van der Waals surface area contributed by atoms with E-state index in [-0.39, 0.29) is 5.78 Å². The number of benzene rings is 1. The lowest BCUT2D eigenvalue weighted by atomic mass is 9.97. The van der Waals surface area contributed by atoms with Crippen molar-refractivity contribution in [1.82, 2.24) is 0 Å². The molecule has 0 amide bonds. The van der Waals surface area contributed by atoms with Gasteiger partial charge >= 0.3 is 5.97 Å². The van der Waals surface area contributed by atoms with Crippen molar-refractivity contribution in [2.75, 3.05) is 6.61 Å². The van der Waals surface area contributed by atoms with Crippen LogP contribution >= 0.6 is 11.6 Å². The average Bonchev–Trinajstić information content (AvgIpc) is 2.63. The highest BCUT2D eigenvalue weighted by Crippen LogP contribution is 2.21. The number of esters is 1. The molecule has 2 rings (SSSR count). The van der Waals surface area contributed by atoms with Gasteiger partial charge in [0.15, 0.2) is 5.78 Å². The number of hydrogen-bond acceptors (Lipinski definition) is 3. The van der Waals surface area contributed by atoms with Gasteiger partial charge in [-0.25, -0.2) is 0 Å². The molecule has 1 aliphatic heterocycles. The molecule has 1 aliphatic rings. The maximum atomic E-state index is 11.9. The van der Waals surface area contributed by atoms with Gasteiger partial charge in [-0.3, -0.25) is 9.59 Å². The van der Waals surface area contributed by atoms with Gasteiger partial charge in [-0.2, -0.15) is 0 Å². The van der Waals surface area contributed by atoms with Crippen molar-refractivity contribution in [3.8, 4) is 0 Å². The van der Waals surface area contributed by atoms with E-state index in [0.717, 1.165) is 0 Å². The molecule has 1 atom stereocenters. The number of hydrogen-bond donors (Lipinski definition) is 0. The molecular formula is C11H9ClO3. The lowest BCUT2D eigenvalue weighted by Gasteiger charge is -2.04. The molecule has 4 heteroatoms. The Hall–Kier alpha value is -1.35. The quantitative estimate of drug-likeness (QED) is 0.439. The summed E-state index contributed by atoms with van der Waals surface area (Å²) in [4.78, 5) is 23.0. The number of carbonyl (C=O) groups excluding carboxylic acids is 2. The Morgan fingerprint density at radius 3 is 2.87 bits per heavy atom. The molecular weight excluding hydrogens is 216 g/mol. The van der Waals surface area contributed by atoms with Crippen LogP contribution in [0.2, 0.25) is 5.02 Å². The number of cyclic esters (lactones) is 1. The van der Waals surface area contributed by atoms with Gasteiger partial charge in [0.1, 0.15) is 5.92 Å². The molecule has 0 bridgehead atoms. The number of ketones is 1. The Labute approximate surface area is 92.0 Å². The third-order valence-electron chi connectivity index (χ3n) is 2.36. The molecule has 15 heavy (non-hydrogen) atoms. The second kappa shape index (κ2) is 4.03. The first-order chi connectivity index (χ1) is 7.18. The molecule has 1 aromatic carbocycles. The van der Waals surface area contributed by atoms with Crippen LogP contribution in [0.25, 0.3) is 0 Å². The van der Waals surface area contributed by atoms with Gasteiger partial charge in [-0.15, -0.1) is 0 Å². The van der Waals surface area contributed by atoms with E-state index in [1.807, 2.05) is 0 Å². The van der Waals surface area contributed by atoms with Gasteiger partial charge in [0, 0.05) is 17.0 Å². The van der Waals surface area contributed by atoms with Crippen molar-refractivity contribution in [2.24, 2.45) is 5.92 Å². The number of Topliss-reactive ketones (excluding diaryl/α,β-unsaturated/α-hetero) is 1. The van der Waals surface area contributed by atoms with Gasteiger partial charge in [-0.1, -0.05) is 23.7 Å². The highest BCUT2D eigenvalue weighted by molar-refractivity contribution is 6.31. The molecule has 0 aromatic heterocycles. The molecule has 1 heterocycles. The third kappa shape index (κ3) is 2.02. The summed E-state index contributed by atoms with van der Waals surface area (Å²) in [5, 5.41) is 0.493. The molecule has 0 N–H and O–H groups in total. The second-order valence-electron chi connectivity index (χ2n) is 3.38. The molecule has 0 radical (unpaired) electrons. The fraction of sp³-hybridized carbons (Fsp3) is 0.273. The van der Waals surface area contributed by atoms with Crippen LogP contribution in [0, 0.1) is 5.92 Å². The van der Waals surface area contributed by atoms with Crippen molar-refractivity contribution >= 4 is 23.4 Å². The van der Waals surface area contributed by atoms with E-state index in [9.17, 15) is 9.59 Å². The Balaban J connectivity index is 2.24. The minimum atomic E-state index is -0.650. The average molecular weight is 225 g/mol. The van der Waals surface area contributed by atoms with E-state index in [4.69, 9.17) is 16.3 Å². The first-order valence-electron chi connectivity index (χ1n) is 4.65. The molecule has 1 fully saturated rings. The van der Waals surface area contributed by atoms with E-state index in [2.05, 4.69) is 0 Å². The topological polar surface area (TPSA) is 43.4 Å².